The molecule has 0 saturated carbocycles. The molecule has 1 saturated heterocycles. The molecule has 3 aromatic carbocycles. The lowest BCUT2D eigenvalue weighted by Gasteiger charge is -2.40. The first kappa shape index (κ1) is 36.4. The number of sulfonamides is 1. The van der Waals surface area contributed by atoms with E-state index in [4.69, 9.17) is 4.74 Å². The molecule has 1 aromatic heterocycles. The van der Waals surface area contributed by atoms with E-state index >= 15 is 0 Å². The van der Waals surface area contributed by atoms with Crippen molar-refractivity contribution in [3.8, 4) is 5.75 Å². The van der Waals surface area contributed by atoms with Crippen LogP contribution in [0.1, 0.15) is 41.8 Å². The van der Waals surface area contributed by atoms with Crippen LogP contribution in [-0.2, 0) is 32.0 Å². The monoisotopic (exact) mass is 721 g/mol. The number of amides is 1. The highest BCUT2D eigenvalue weighted by Crippen LogP contribution is 2.32. The van der Waals surface area contributed by atoms with E-state index in [2.05, 4.69) is 20.0 Å². The zero-order chi connectivity index (χ0) is 36.3. The first-order valence-corrected chi connectivity index (χ1v) is 16.9. The molecule has 1 aliphatic rings. The Labute approximate surface area is 284 Å². The molecule has 50 heavy (non-hydrogen) atoms. The van der Waals surface area contributed by atoms with Gasteiger partial charge in [0.2, 0.25) is 15.9 Å². The Hall–Kier alpha value is -4.90. The average Bonchev–Trinajstić information content (AvgIpc) is 3.09. The quantitative estimate of drug-likeness (QED) is 0.160. The van der Waals surface area contributed by atoms with Crippen LogP contribution in [-0.4, -0.2) is 73.2 Å². The van der Waals surface area contributed by atoms with Crippen LogP contribution in [0.25, 0.3) is 11.0 Å². The topological polar surface area (TPSA) is 131 Å². The fraction of sp³-hybridized carbons (Fsp3) is 0.333. The first-order chi connectivity index (χ1) is 23.6. The maximum absolute atomic E-state index is 14.1. The lowest BCUT2D eigenvalue weighted by atomic mass is 10.0. The highest BCUT2D eigenvalue weighted by molar-refractivity contribution is 7.89. The van der Waals surface area contributed by atoms with Gasteiger partial charge in [-0.2, -0.15) is 4.31 Å². The van der Waals surface area contributed by atoms with E-state index in [9.17, 15) is 40.0 Å². The molecule has 0 aliphatic carbocycles. The van der Waals surface area contributed by atoms with Gasteiger partial charge >= 0.3 is 12.3 Å². The van der Waals surface area contributed by atoms with E-state index in [1.54, 1.807) is 17.9 Å². The predicted molar refractivity (Wildman–Crippen MR) is 171 cm³/mol. The molecular formula is C33H32F5N5O6S. The van der Waals surface area contributed by atoms with Gasteiger partial charge < -0.3 is 19.7 Å². The maximum atomic E-state index is 14.1. The summed E-state index contributed by atoms with van der Waals surface area (Å²) in [4.78, 5) is 36.1. The average molecular weight is 722 g/mol. The number of alkyl halides is 5. The van der Waals surface area contributed by atoms with Crippen LogP contribution in [0.4, 0.5) is 27.8 Å². The van der Waals surface area contributed by atoms with Crippen molar-refractivity contribution in [2.75, 3.05) is 31.1 Å². The van der Waals surface area contributed by atoms with Gasteiger partial charge in [-0.1, -0.05) is 31.2 Å². The smallest absolute Gasteiger partial charge is 0.462 e. The molecule has 1 N–H and O–H groups in total. The Morgan fingerprint density at radius 3 is 2.28 bits per heavy atom. The SMILES string of the molecule is CCOC(=O)c1ccc2nc(N3CCN(S(=O)(=O)c4ccc(OC(F)(F)F)cc4)C(C(=O)NCc4ccc(C(F)(F)CC)cc4)C3)cnc2c1. The normalized spacial score (nSPS) is 15.9. The van der Waals surface area contributed by atoms with Crippen molar-refractivity contribution >= 4 is 38.8 Å². The lowest BCUT2D eigenvalue weighted by Crippen LogP contribution is -2.60. The van der Waals surface area contributed by atoms with Crippen LogP contribution in [0.2, 0.25) is 0 Å². The van der Waals surface area contributed by atoms with Gasteiger partial charge in [-0.3, -0.25) is 9.78 Å². The summed E-state index contributed by atoms with van der Waals surface area (Å²) >= 11 is 0. The number of nitrogens with one attached hydrogen (secondary N) is 1. The Kier molecular flexibility index (Phi) is 10.6. The number of piperazine rings is 1. The van der Waals surface area contributed by atoms with Crippen molar-refractivity contribution < 1.29 is 49.4 Å². The van der Waals surface area contributed by atoms with E-state index in [1.807, 2.05) is 0 Å². The third kappa shape index (κ3) is 8.27. The number of rotatable bonds is 11. The summed E-state index contributed by atoms with van der Waals surface area (Å²) in [6.07, 6.45) is -3.95. The molecule has 1 amide bonds. The predicted octanol–water partition coefficient (Wildman–Crippen LogP) is 5.40. The third-order valence-corrected chi connectivity index (χ3v) is 9.87. The van der Waals surface area contributed by atoms with Crippen molar-refractivity contribution in [2.24, 2.45) is 0 Å². The highest BCUT2D eigenvalue weighted by Gasteiger charge is 2.41. The lowest BCUT2D eigenvalue weighted by molar-refractivity contribution is -0.274. The van der Waals surface area contributed by atoms with Gasteiger partial charge in [0.25, 0.3) is 5.92 Å². The summed E-state index contributed by atoms with van der Waals surface area (Å²) in [7, 11) is -4.44. The van der Waals surface area contributed by atoms with E-state index in [0.717, 1.165) is 28.6 Å². The summed E-state index contributed by atoms with van der Waals surface area (Å²) in [6, 6.07) is 12.3. The van der Waals surface area contributed by atoms with E-state index in [0.29, 0.717) is 22.4 Å². The van der Waals surface area contributed by atoms with Crippen LogP contribution in [0, 0.1) is 0 Å². The minimum absolute atomic E-state index is 0.0620. The van der Waals surface area contributed by atoms with Crippen LogP contribution >= 0.6 is 0 Å². The number of nitrogens with zero attached hydrogens (tertiary/aromatic N) is 4. The minimum Gasteiger partial charge on any atom is -0.462 e. The van der Waals surface area contributed by atoms with Crippen LogP contribution < -0.4 is 15.0 Å². The molecule has 0 bridgehead atoms. The standard InChI is InChI=1S/C33H32F5N5O6S/c1-3-32(34,35)23-8-5-21(6-9-23)18-40-30(44)28-20-42(29-19-39-27-17-22(31(45)48-4-2)7-14-26(27)41-29)15-16-43(28)50(46,47)25-12-10-24(11-13-25)49-33(36,37)38/h5-14,17,19,28H,3-4,15-16,18,20H2,1-2H3,(H,40,44). The Bertz CT molecular complexity index is 1960. The molecule has 1 unspecified atom stereocenters. The molecule has 11 nitrogen and oxygen atoms in total. The Morgan fingerprint density at radius 2 is 1.64 bits per heavy atom. The van der Waals surface area contributed by atoms with Crippen LogP contribution in [0.5, 0.6) is 5.75 Å². The largest absolute Gasteiger partial charge is 0.573 e. The summed E-state index contributed by atoms with van der Waals surface area (Å²) in [5.74, 6) is -4.57. The molecule has 1 aliphatic heterocycles. The second-order valence-corrected chi connectivity index (χ2v) is 13.1. The fourth-order valence-corrected chi connectivity index (χ4v) is 6.87. The number of hydrogen-bond donors (Lipinski definition) is 1. The van der Waals surface area contributed by atoms with Gasteiger partial charge in [0.1, 0.15) is 17.6 Å². The molecule has 1 atom stereocenters. The van der Waals surface area contributed by atoms with E-state index in [-0.39, 0.29) is 55.2 Å². The van der Waals surface area contributed by atoms with Gasteiger partial charge in [-0.25, -0.2) is 27.0 Å². The molecule has 4 aromatic rings. The van der Waals surface area contributed by atoms with Crippen molar-refractivity contribution in [1.29, 1.82) is 0 Å². The summed E-state index contributed by atoms with van der Waals surface area (Å²) in [5.41, 5.74) is 1.40. The highest BCUT2D eigenvalue weighted by atomic mass is 32.2. The number of esters is 1. The van der Waals surface area contributed by atoms with E-state index < -0.39 is 46.0 Å². The summed E-state index contributed by atoms with van der Waals surface area (Å²) in [6.45, 7) is 2.78. The minimum atomic E-state index is -4.98. The van der Waals surface area contributed by atoms with Crippen LogP contribution in [0.15, 0.2) is 77.8 Å². The number of fused-ring (bicyclic) bond motifs is 1. The molecule has 0 spiro atoms. The number of aromatic nitrogens is 2. The number of ether oxygens (including phenoxy) is 2. The van der Waals surface area contributed by atoms with Crippen molar-refractivity contribution in [2.45, 2.75) is 50.0 Å². The number of halogens is 5. The van der Waals surface area contributed by atoms with Gasteiger partial charge in [-0.05, 0) is 55.0 Å². The third-order valence-electron chi connectivity index (χ3n) is 7.95. The molecule has 5 rings (SSSR count). The van der Waals surface area contributed by atoms with Gasteiger partial charge in [-0.15, -0.1) is 13.2 Å². The van der Waals surface area contributed by atoms with Gasteiger partial charge in [0.05, 0.1) is 34.3 Å². The Balaban J connectivity index is 1.40. The number of hydrogen-bond acceptors (Lipinski definition) is 9. The summed E-state index contributed by atoms with van der Waals surface area (Å²) < 4.78 is 104. The van der Waals surface area contributed by atoms with Crippen molar-refractivity contribution in [1.82, 2.24) is 19.6 Å². The number of benzene rings is 3. The zero-order valence-corrected chi connectivity index (χ0v) is 27.6. The number of carbonyl (C=O) groups excluding carboxylic acids is 2. The maximum Gasteiger partial charge on any atom is 0.573 e. The first-order valence-electron chi connectivity index (χ1n) is 15.4. The van der Waals surface area contributed by atoms with Gasteiger partial charge in [0, 0.05) is 38.2 Å². The second-order valence-electron chi connectivity index (χ2n) is 11.2. The molecule has 1 fully saturated rings. The Morgan fingerprint density at radius 1 is 0.940 bits per heavy atom. The fourth-order valence-electron chi connectivity index (χ4n) is 5.30. The van der Waals surface area contributed by atoms with E-state index in [1.165, 1.54) is 49.5 Å². The number of carbonyl (C=O) groups is 2. The molecule has 17 heteroatoms. The van der Waals surface area contributed by atoms with Crippen molar-refractivity contribution in [3.05, 3.63) is 89.6 Å². The van der Waals surface area contributed by atoms with Gasteiger partial charge in [0.15, 0.2) is 0 Å². The molecule has 2 heterocycles. The molecule has 266 valence electrons. The summed E-state index contributed by atoms with van der Waals surface area (Å²) in [5, 5.41) is 2.67. The second kappa shape index (κ2) is 14.5. The molecule has 0 radical (unpaired) electrons. The zero-order valence-electron chi connectivity index (χ0n) is 26.8. The van der Waals surface area contributed by atoms with Crippen LogP contribution in [0.3, 0.4) is 0 Å². The van der Waals surface area contributed by atoms with Crippen molar-refractivity contribution in [3.63, 3.8) is 0 Å². The number of anilines is 1. The molecular weight excluding hydrogens is 689 g/mol.